The van der Waals surface area contributed by atoms with Crippen LogP contribution in [0.15, 0.2) is 35.2 Å². The number of carbonyl (C=O) groups excluding carboxylic acids is 1. The number of amides is 1. The van der Waals surface area contributed by atoms with E-state index in [1.54, 1.807) is 18.2 Å². The Hall–Kier alpha value is -1.61. The number of halogens is 1. The fourth-order valence-corrected chi connectivity index (χ4v) is 4.71. The molecule has 0 saturated carbocycles. The Balaban J connectivity index is 1.92. The number of carboxylic acids is 1. The Bertz CT molecular complexity index is 964. The van der Waals surface area contributed by atoms with Crippen LogP contribution in [0.5, 0.6) is 0 Å². The summed E-state index contributed by atoms with van der Waals surface area (Å²) in [7, 11) is 0. The molecule has 1 aliphatic heterocycles. The van der Waals surface area contributed by atoms with Gasteiger partial charge in [-0.3, -0.25) is 9.69 Å². The number of pyridine rings is 1. The second-order valence-corrected chi connectivity index (χ2v) is 8.80. The highest BCUT2D eigenvalue weighted by molar-refractivity contribution is 8.26. The fourth-order valence-electron chi connectivity index (χ4n) is 2.68. The lowest BCUT2D eigenvalue weighted by atomic mass is 10.2. The van der Waals surface area contributed by atoms with Gasteiger partial charge in [0.1, 0.15) is 10.4 Å². The summed E-state index contributed by atoms with van der Waals surface area (Å²) >= 11 is 14.1. The van der Waals surface area contributed by atoms with Crippen LogP contribution >= 0.6 is 47.3 Å². The lowest BCUT2D eigenvalue weighted by Crippen LogP contribution is -2.44. The van der Waals surface area contributed by atoms with Crippen LogP contribution in [0.2, 0.25) is 5.02 Å². The normalized spacial score (nSPS) is 17.1. The molecule has 0 radical (unpaired) electrons. The number of carbonyl (C=O) groups is 2. The largest absolute Gasteiger partial charge is 0.480 e. The molecule has 1 atom stereocenters. The lowest BCUT2D eigenvalue weighted by molar-refractivity contribution is -0.145. The molecule has 1 aliphatic rings. The maximum atomic E-state index is 12.8. The molecular formula is C18H15ClN2O3S3. The summed E-state index contributed by atoms with van der Waals surface area (Å²) in [5.74, 6) is -0.839. The summed E-state index contributed by atoms with van der Waals surface area (Å²) < 4.78 is 0.249. The maximum absolute atomic E-state index is 12.8. The Kier molecular flexibility index (Phi) is 6.41. The van der Waals surface area contributed by atoms with Crippen LogP contribution in [-0.2, 0) is 9.59 Å². The molecule has 1 amide bonds. The Morgan fingerprint density at radius 2 is 2.22 bits per heavy atom. The van der Waals surface area contributed by atoms with Crippen LogP contribution < -0.4 is 0 Å². The van der Waals surface area contributed by atoms with Gasteiger partial charge in [0.05, 0.1) is 21.1 Å². The first-order chi connectivity index (χ1) is 12.9. The van der Waals surface area contributed by atoms with Crippen molar-refractivity contribution in [3.8, 4) is 0 Å². The average Bonchev–Trinajstić information content (AvgIpc) is 2.90. The Morgan fingerprint density at radius 3 is 2.93 bits per heavy atom. The van der Waals surface area contributed by atoms with Crippen LogP contribution in [0.3, 0.4) is 0 Å². The molecule has 1 fully saturated rings. The zero-order valence-electron chi connectivity index (χ0n) is 14.2. The second kappa shape index (κ2) is 8.60. The van der Waals surface area contributed by atoms with Crippen LogP contribution in [0.25, 0.3) is 17.0 Å². The summed E-state index contributed by atoms with van der Waals surface area (Å²) in [6.07, 6.45) is 3.84. The first-order valence-electron chi connectivity index (χ1n) is 7.96. The van der Waals surface area contributed by atoms with Crippen molar-refractivity contribution in [1.29, 1.82) is 0 Å². The third-order valence-corrected chi connectivity index (χ3v) is 6.27. The van der Waals surface area contributed by atoms with E-state index < -0.39 is 17.9 Å². The molecule has 1 aromatic heterocycles. The van der Waals surface area contributed by atoms with E-state index in [0.29, 0.717) is 33.3 Å². The average molecular weight is 439 g/mol. The van der Waals surface area contributed by atoms with Gasteiger partial charge in [-0.1, -0.05) is 53.8 Å². The highest BCUT2D eigenvalue weighted by Crippen LogP contribution is 2.35. The van der Waals surface area contributed by atoms with E-state index in [2.05, 4.69) is 4.98 Å². The van der Waals surface area contributed by atoms with Crippen LogP contribution in [-0.4, -0.2) is 49.2 Å². The Labute approximate surface area is 175 Å². The quantitative estimate of drug-likeness (QED) is 0.532. The van der Waals surface area contributed by atoms with Crippen LogP contribution in [0.1, 0.15) is 12.1 Å². The number of para-hydroxylation sites is 1. The lowest BCUT2D eigenvalue weighted by Gasteiger charge is -2.22. The number of carboxylic acid groups (broad SMARTS) is 1. The minimum absolute atomic E-state index is 0.249. The third kappa shape index (κ3) is 4.29. The molecule has 1 saturated heterocycles. The number of nitrogens with zero attached hydrogens (tertiary/aromatic N) is 2. The van der Waals surface area contributed by atoms with Crippen molar-refractivity contribution in [2.45, 2.75) is 12.5 Å². The molecule has 0 bridgehead atoms. The molecule has 1 unspecified atom stereocenters. The van der Waals surface area contributed by atoms with Gasteiger partial charge in [-0.15, -0.1) is 0 Å². The van der Waals surface area contributed by atoms with Crippen molar-refractivity contribution in [3.05, 3.63) is 46.0 Å². The van der Waals surface area contributed by atoms with Gasteiger partial charge in [-0.05, 0) is 36.6 Å². The second-order valence-electron chi connectivity index (χ2n) is 5.73. The molecule has 9 heteroatoms. The zero-order valence-corrected chi connectivity index (χ0v) is 17.4. The molecule has 140 valence electrons. The standard InChI is InChI=1S/C18H15ClN2O3S3/c1-26-8-7-13(17(23)24)21-16(22)14(27-18(21)25)9-11-6-5-10-3-2-4-12(19)15(10)20-11/h2-6,9,13H,7-8H2,1H3,(H,23,24)/b14-9+. The molecule has 1 aromatic carbocycles. The Morgan fingerprint density at radius 1 is 1.44 bits per heavy atom. The number of aliphatic carboxylic acids is 1. The topological polar surface area (TPSA) is 70.5 Å². The maximum Gasteiger partial charge on any atom is 0.326 e. The molecule has 3 rings (SSSR count). The molecule has 27 heavy (non-hydrogen) atoms. The minimum atomic E-state index is -1.06. The predicted octanol–water partition coefficient (Wildman–Crippen LogP) is 4.30. The van der Waals surface area contributed by atoms with Gasteiger partial charge < -0.3 is 5.11 Å². The summed E-state index contributed by atoms with van der Waals surface area (Å²) in [6.45, 7) is 0. The monoisotopic (exact) mass is 438 g/mol. The van der Waals surface area contributed by atoms with Crippen molar-refractivity contribution >= 4 is 80.5 Å². The van der Waals surface area contributed by atoms with Crippen molar-refractivity contribution in [2.75, 3.05) is 12.0 Å². The van der Waals surface area contributed by atoms with Gasteiger partial charge in [0.2, 0.25) is 0 Å². The minimum Gasteiger partial charge on any atom is -0.480 e. The van der Waals surface area contributed by atoms with Gasteiger partial charge in [-0.25, -0.2) is 9.78 Å². The van der Waals surface area contributed by atoms with Gasteiger partial charge in [-0.2, -0.15) is 11.8 Å². The summed E-state index contributed by atoms with van der Waals surface area (Å²) in [4.78, 5) is 30.4. The van der Waals surface area contributed by atoms with Crippen molar-refractivity contribution < 1.29 is 14.7 Å². The number of fused-ring (bicyclic) bond motifs is 1. The van der Waals surface area contributed by atoms with E-state index in [4.69, 9.17) is 23.8 Å². The van der Waals surface area contributed by atoms with Gasteiger partial charge >= 0.3 is 5.97 Å². The first kappa shape index (κ1) is 20.1. The molecule has 0 aliphatic carbocycles. The van der Waals surface area contributed by atoms with E-state index in [1.165, 1.54) is 16.7 Å². The molecule has 2 aromatic rings. The van der Waals surface area contributed by atoms with Crippen molar-refractivity contribution in [2.24, 2.45) is 0 Å². The van der Waals surface area contributed by atoms with Gasteiger partial charge in [0.15, 0.2) is 0 Å². The van der Waals surface area contributed by atoms with E-state index in [0.717, 1.165) is 17.1 Å². The first-order valence-corrected chi connectivity index (χ1v) is 11.0. The SMILES string of the molecule is CSCCC(C(=O)O)N1C(=O)/C(=C\c2ccc3cccc(Cl)c3n2)SC1=S. The number of thioether (sulfide) groups is 2. The zero-order chi connectivity index (χ0) is 19.6. The van der Waals surface area contributed by atoms with E-state index in [-0.39, 0.29) is 4.32 Å². The number of hydrogen-bond acceptors (Lipinski definition) is 6. The number of aromatic nitrogens is 1. The highest BCUT2D eigenvalue weighted by Gasteiger charge is 2.40. The number of hydrogen-bond donors (Lipinski definition) is 1. The highest BCUT2D eigenvalue weighted by atomic mass is 35.5. The van der Waals surface area contributed by atoms with Gasteiger partial charge in [0.25, 0.3) is 5.91 Å². The van der Waals surface area contributed by atoms with Crippen molar-refractivity contribution in [1.82, 2.24) is 9.88 Å². The number of thiocarbonyl (C=S) groups is 1. The molecule has 2 heterocycles. The molecule has 1 N–H and O–H groups in total. The summed E-state index contributed by atoms with van der Waals surface area (Å²) in [5, 5.41) is 10.9. The molecular weight excluding hydrogens is 424 g/mol. The third-order valence-electron chi connectivity index (χ3n) is 3.99. The summed E-state index contributed by atoms with van der Waals surface area (Å²) in [5.41, 5.74) is 1.21. The fraction of sp³-hybridized carbons (Fsp3) is 0.222. The van der Waals surface area contributed by atoms with Crippen LogP contribution in [0, 0.1) is 0 Å². The smallest absolute Gasteiger partial charge is 0.326 e. The molecule has 0 spiro atoms. The predicted molar refractivity (Wildman–Crippen MR) is 116 cm³/mol. The van der Waals surface area contributed by atoms with Gasteiger partial charge in [0, 0.05) is 5.39 Å². The van der Waals surface area contributed by atoms with Crippen molar-refractivity contribution in [3.63, 3.8) is 0 Å². The molecule has 5 nitrogen and oxygen atoms in total. The number of rotatable bonds is 6. The summed E-state index contributed by atoms with van der Waals surface area (Å²) in [6, 6.07) is 8.20. The van der Waals surface area contributed by atoms with E-state index in [1.807, 2.05) is 24.5 Å². The number of benzene rings is 1. The van der Waals surface area contributed by atoms with E-state index in [9.17, 15) is 14.7 Å². The van der Waals surface area contributed by atoms with E-state index >= 15 is 0 Å². The van der Waals surface area contributed by atoms with Crippen LogP contribution in [0.4, 0.5) is 0 Å².